The Morgan fingerprint density at radius 3 is 2.64 bits per heavy atom. The molecule has 2 aromatic rings. The molecule has 9 heteroatoms. The van der Waals surface area contributed by atoms with Crippen molar-refractivity contribution in [2.24, 2.45) is 0 Å². The van der Waals surface area contributed by atoms with Crippen LogP contribution in [0.5, 0.6) is 0 Å². The van der Waals surface area contributed by atoms with Crippen molar-refractivity contribution in [2.75, 3.05) is 0 Å². The van der Waals surface area contributed by atoms with E-state index in [1.54, 1.807) is 19.1 Å². The molecule has 0 aromatic carbocycles. The van der Waals surface area contributed by atoms with Crippen LogP contribution in [0, 0.1) is 6.92 Å². The molecule has 1 unspecified atom stereocenters. The maximum Gasteiger partial charge on any atom is 0.326 e. The van der Waals surface area contributed by atoms with E-state index in [0.717, 1.165) is 11.3 Å². The van der Waals surface area contributed by atoms with Gasteiger partial charge in [-0.25, -0.2) is 9.78 Å². The van der Waals surface area contributed by atoms with Gasteiger partial charge in [0.15, 0.2) is 10.8 Å². The molecule has 0 saturated carbocycles. The monoisotopic (exact) mass is 324 g/mol. The van der Waals surface area contributed by atoms with Crippen molar-refractivity contribution in [3.63, 3.8) is 0 Å². The van der Waals surface area contributed by atoms with Crippen molar-refractivity contribution in [1.82, 2.24) is 10.3 Å². The number of hydrogen-bond donors (Lipinski definition) is 3. The Kier molecular flexibility index (Phi) is 4.56. The molecule has 0 bridgehead atoms. The Morgan fingerprint density at radius 2 is 2.09 bits per heavy atom. The van der Waals surface area contributed by atoms with Crippen LogP contribution in [-0.4, -0.2) is 39.1 Å². The molecule has 1 amide bonds. The van der Waals surface area contributed by atoms with Gasteiger partial charge in [0.05, 0.1) is 6.42 Å². The van der Waals surface area contributed by atoms with Gasteiger partial charge in [0.2, 0.25) is 0 Å². The van der Waals surface area contributed by atoms with Crippen LogP contribution >= 0.6 is 11.3 Å². The summed E-state index contributed by atoms with van der Waals surface area (Å²) in [5.41, 5.74) is 0.00527. The molecule has 0 saturated heterocycles. The second-order valence-corrected chi connectivity index (χ2v) is 5.27. The second kappa shape index (κ2) is 6.39. The summed E-state index contributed by atoms with van der Waals surface area (Å²) in [6.45, 7) is 1.77. The van der Waals surface area contributed by atoms with Crippen molar-refractivity contribution in [2.45, 2.75) is 19.4 Å². The van der Waals surface area contributed by atoms with Crippen LogP contribution in [0.2, 0.25) is 0 Å². The van der Waals surface area contributed by atoms with Gasteiger partial charge in [-0.1, -0.05) is 0 Å². The number of aliphatic carboxylic acids is 2. The minimum atomic E-state index is -1.51. The first kappa shape index (κ1) is 15.7. The lowest BCUT2D eigenvalue weighted by Gasteiger charge is -2.10. The summed E-state index contributed by atoms with van der Waals surface area (Å²) in [4.78, 5) is 37.5. The standard InChI is InChI=1S/C13H12N2O6S/c1-6-2-3-9(21-6)12-15-8(5-22-12)11(18)14-7(13(19)20)4-10(16)17/h2-3,5,7H,4H2,1H3,(H,14,18)(H,16,17)(H,19,20). The quantitative estimate of drug-likeness (QED) is 0.731. The van der Waals surface area contributed by atoms with E-state index in [0.29, 0.717) is 16.5 Å². The zero-order valence-electron chi connectivity index (χ0n) is 11.4. The fraction of sp³-hybridized carbons (Fsp3) is 0.231. The Hall–Kier alpha value is -2.68. The van der Waals surface area contributed by atoms with E-state index >= 15 is 0 Å². The summed E-state index contributed by atoms with van der Waals surface area (Å²) in [6.07, 6.45) is -0.713. The molecule has 0 radical (unpaired) electrons. The first-order valence-electron chi connectivity index (χ1n) is 6.14. The molecule has 116 valence electrons. The Bertz CT molecular complexity index is 720. The molecule has 0 spiro atoms. The number of nitrogens with zero attached hydrogens (tertiary/aromatic N) is 1. The first-order chi connectivity index (χ1) is 10.4. The van der Waals surface area contributed by atoms with Gasteiger partial charge >= 0.3 is 11.9 Å². The van der Waals surface area contributed by atoms with Crippen molar-refractivity contribution in [1.29, 1.82) is 0 Å². The summed E-state index contributed by atoms with van der Waals surface area (Å²) in [6, 6.07) is 1.95. The van der Waals surface area contributed by atoms with Crippen LogP contribution in [0.15, 0.2) is 21.9 Å². The predicted molar refractivity (Wildman–Crippen MR) is 75.7 cm³/mol. The third kappa shape index (κ3) is 3.70. The van der Waals surface area contributed by atoms with Gasteiger partial charge in [-0.2, -0.15) is 0 Å². The fourth-order valence-corrected chi connectivity index (χ4v) is 2.41. The molecular formula is C13H12N2O6S. The number of carbonyl (C=O) groups excluding carboxylic acids is 1. The zero-order valence-corrected chi connectivity index (χ0v) is 12.2. The third-order valence-electron chi connectivity index (χ3n) is 2.67. The molecule has 8 nitrogen and oxygen atoms in total. The minimum Gasteiger partial charge on any atom is -0.481 e. The number of amides is 1. The minimum absolute atomic E-state index is 0.00527. The number of hydrogen-bond acceptors (Lipinski definition) is 6. The van der Waals surface area contributed by atoms with Gasteiger partial charge in [0.25, 0.3) is 5.91 Å². The Labute approximate surface area is 128 Å². The highest BCUT2D eigenvalue weighted by Gasteiger charge is 2.24. The number of carboxylic acid groups (broad SMARTS) is 2. The SMILES string of the molecule is Cc1ccc(-c2nc(C(=O)NC(CC(=O)O)C(=O)O)cs2)o1. The lowest BCUT2D eigenvalue weighted by atomic mass is 10.2. The average molecular weight is 324 g/mol. The number of nitrogens with one attached hydrogen (secondary N) is 1. The highest BCUT2D eigenvalue weighted by molar-refractivity contribution is 7.13. The van der Waals surface area contributed by atoms with Gasteiger partial charge in [-0.05, 0) is 19.1 Å². The molecular weight excluding hydrogens is 312 g/mol. The van der Waals surface area contributed by atoms with E-state index in [1.807, 2.05) is 0 Å². The average Bonchev–Trinajstić information content (AvgIpc) is 3.05. The number of furan rings is 1. The highest BCUT2D eigenvalue weighted by Crippen LogP contribution is 2.25. The molecule has 0 fully saturated rings. The maximum absolute atomic E-state index is 11.9. The number of carbonyl (C=O) groups is 3. The topological polar surface area (TPSA) is 130 Å². The van der Waals surface area contributed by atoms with E-state index in [-0.39, 0.29) is 5.69 Å². The van der Waals surface area contributed by atoms with Crippen LogP contribution in [-0.2, 0) is 9.59 Å². The number of aromatic nitrogens is 1. The van der Waals surface area contributed by atoms with Gasteiger partial charge in [0.1, 0.15) is 17.5 Å². The van der Waals surface area contributed by atoms with Crippen molar-refractivity contribution < 1.29 is 29.0 Å². The van der Waals surface area contributed by atoms with Crippen LogP contribution in [0.4, 0.5) is 0 Å². The number of rotatable bonds is 6. The number of thiazole rings is 1. The third-order valence-corrected chi connectivity index (χ3v) is 3.53. The van der Waals surface area contributed by atoms with Gasteiger partial charge in [0, 0.05) is 5.38 Å². The normalized spacial score (nSPS) is 11.9. The fourth-order valence-electron chi connectivity index (χ4n) is 1.65. The van der Waals surface area contributed by atoms with Gasteiger partial charge in [-0.3, -0.25) is 9.59 Å². The van der Waals surface area contributed by atoms with Gasteiger partial charge < -0.3 is 19.9 Å². The molecule has 0 aliphatic carbocycles. The lowest BCUT2D eigenvalue weighted by Crippen LogP contribution is -2.42. The second-order valence-electron chi connectivity index (χ2n) is 4.41. The van der Waals surface area contributed by atoms with Crippen LogP contribution in [0.3, 0.4) is 0 Å². The zero-order chi connectivity index (χ0) is 16.3. The van der Waals surface area contributed by atoms with E-state index in [4.69, 9.17) is 14.6 Å². The highest BCUT2D eigenvalue weighted by atomic mass is 32.1. The van der Waals surface area contributed by atoms with Crippen LogP contribution in [0.25, 0.3) is 10.8 Å². The summed E-state index contributed by atoms with van der Waals surface area (Å²) >= 11 is 1.16. The summed E-state index contributed by atoms with van der Waals surface area (Å²) in [5, 5.41) is 21.6. The van der Waals surface area contributed by atoms with E-state index in [1.165, 1.54) is 5.38 Å². The molecule has 0 aliphatic rings. The van der Waals surface area contributed by atoms with Crippen molar-refractivity contribution in [3.05, 3.63) is 29.0 Å². The van der Waals surface area contributed by atoms with Crippen LogP contribution < -0.4 is 5.32 Å². The summed E-state index contributed by atoms with van der Waals surface area (Å²) in [7, 11) is 0. The Balaban J connectivity index is 2.11. The maximum atomic E-state index is 11.9. The lowest BCUT2D eigenvalue weighted by molar-refractivity contribution is -0.145. The molecule has 22 heavy (non-hydrogen) atoms. The Morgan fingerprint density at radius 1 is 1.36 bits per heavy atom. The van der Waals surface area contributed by atoms with Crippen molar-refractivity contribution >= 4 is 29.2 Å². The van der Waals surface area contributed by atoms with Crippen LogP contribution in [0.1, 0.15) is 22.7 Å². The molecule has 2 aromatic heterocycles. The summed E-state index contributed by atoms with van der Waals surface area (Å²) in [5.74, 6) is -2.30. The smallest absolute Gasteiger partial charge is 0.326 e. The molecule has 3 N–H and O–H groups in total. The van der Waals surface area contributed by atoms with Crippen molar-refractivity contribution in [3.8, 4) is 10.8 Å². The predicted octanol–water partition coefficient (Wildman–Crippen LogP) is 1.37. The number of carboxylic acids is 2. The molecule has 2 heterocycles. The largest absolute Gasteiger partial charge is 0.481 e. The first-order valence-corrected chi connectivity index (χ1v) is 7.02. The van der Waals surface area contributed by atoms with E-state index in [2.05, 4.69) is 10.3 Å². The van der Waals surface area contributed by atoms with E-state index in [9.17, 15) is 14.4 Å². The molecule has 2 rings (SSSR count). The summed E-state index contributed by atoms with van der Waals surface area (Å²) < 4.78 is 5.38. The number of aryl methyl sites for hydroxylation is 1. The molecule has 1 atom stereocenters. The van der Waals surface area contributed by atoms with E-state index < -0.39 is 30.3 Å². The van der Waals surface area contributed by atoms with Gasteiger partial charge in [-0.15, -0.1) is 11.3 Å². The molecule has 0 aliphatic heterocycles.